The van der Waals surface area contributed by atoms with Crippen LogP contribution in [0.4, 0.5) is 11.6 Å². The minimum absolute atomic E-state index is 0.507. The summed E-state index contributed by atoms with van der Waals surface area (Å²) >= 11 is 0. The van der Waals surface area contributed by atoms with Crippen LogP contribution in [0.15, 0.2) is 72.9 Å². The van der Waals surface area contributed by atoms with Crippen molar-refractivity contribution in [3.8, 4) is 28.6 Å². The molecule has 0 aliphatic heterocycles. The topological polar surface area (TPSA) is 85.0 Å². The van der Waals surface area contributed by atoms with Crippen LogP contribution in [0.1, 0.15) is 11.1 Å². The average molecular weight is 438 g/mol. The Kier molecular flexibility index (Phi) is 5.36. The first kappa shape index (κ1) is 20.5. The minimum Gasteiger partial charge on any atom is -0.497 e. The van der Waals surface area contributed by atoms with Gasteiger partial charge in [-0.3, -0.25) is 10.1 Å². The molecule has 2 aromatic heterocycles. The number of hydrogen-bond acceptors (Lipinski definition) is 6. The fourth-order valence-electron chi connectivity index (χ4n) is 3.59. The van der Waals surface area contributed by atoms with Crippen molar-refractivity contribution in [2.45, 2.75) is 13.8 Å². The van der Waals surface area contributed by atoms with Gasteiger partial charge in [0.25, 0.3) is 0 Å². The van der Waals surface area contributed by atoms with E-state index < -0.39 is 0 Å². The second kappa shape index (κ2) is 8.63. The van der Waals surface area contributed by atoms with Gasteiger partial charge in [-0.1, -0.05) is 24.3 Å². The lowest BCUT2D eigenvalue weighted by Gasteiger charge is -2.12. The number of fused-ring (bicyclic) bond motifs is 1. The Labute approximate surface area is 191 Å². The Morgan fingerprint density at radius 3 is 2.67 bits per heavy atom. The molecular formula is C26H23N5O2. The second-order valence-corrected chi connectivity index (χ2v) is 7.78. The van der Waals surface area contributed by atoms with Crippen molar-refractivity contribution in [3.63, 3.8) is 0 Å². The number of aryl methyl sites for hydroxylation is 2. The quantitative estimate of drug-likeness (QED) is 0.330. The van der Waals surface area contributed by atoms with Gasteiger partial charge in [0.15, 0.2) is 5.82 Å². The number of hydrogen-bond donors (Lipinski definition) is 2. The standard InChI is InChI=1S/C26H23N5O2/c1-16-5-4-6-19(13-16)28-26-29-25(30-31-26)18-8-7-17(2)24(14-18)33-23-11-12-27-22-15-20(32-3)9-10-21(22)23/h4-15H,1-3H3,(H2,28,29,30,31). The number of anilines is 2. The molecule has 0 atom stereocenters. The van der Waals surface area contributed by atoms with Crippen molar-refractivity contribution in [3.05, 3.63) is 84.1 Å². The largest absolute Gasteiger partial charge is 0.497 e. The predicted molar refractivity (Wildman–Crippen MR) is 129 cm³/mol. The highest BCUT2D eigenvalue weighted by atomic mass is 16.5. The highest BCUT2D eigenvalue weighted by molar-refractivity contribution is 5.86. The molecule has 0 spiro atoms. The fourth-order valence-corrected chi connectivity index (χ4v) is 3.59. The molecule has 2 N–H and O–H groups in total. The summed E-state index contributed by atoms with van der Waals surface area (Å²) in [4.78, 5) is 9.03. The second-order valence-electron chi connectivity index (χ2n) is 7.78. The van der Waals surface area contributed by atoms with Crippen molar-refractivity contribution in [1.82, 2.24) is 20.2 Å². The Balaban J connectivity index is 1.42. The normalized spacial score (nSPS) is 10.9. The first-order chi connectivity index (χ1) is 16.1. The van der Waals surface area contributed by atoms with E-state index in [2.05, 4.69) is 25.5 Å². The van der Waals surface area contributed by atoms with Gasteiger partial charge < -0.3 is 14.8 Å². The molecule has 0 unspecified atom stereocenters. The van der Waals surface area contributed by atoms with Crippen LogP contribution in [0, 0.1) is 13.8 Å². The maximum absolute atomic E-state index is 6.32. The number of H-pyrrole nitrogens is 1. The molecule has 33 heavy (non-hydrogen) atoms. The number of nitrogens with zero attached hydrogens (tertiary/aromatic N) is 3. The third-order valence-electron chi connectivity index (χ3n) is 5.35. The summed E-state index contributed by atoms with van der Waals surface area (Å²) in [6, 6.07) is 21.6. The zero-order valence-electron chi connectivity index (χ0n) is 18.6. The molecule has 0 amide bonds. The molecule has 0 aliphatic carbocycles. The van der Waals surface area contributed by atoms with Crippen molar-refractivity contribution < 1.29 is 9.47 Å². The van der Waals surface area contributed by atoms with E-state index in [1.54, 1.807) is 13.3 Å². The molecule has 5 aromatic rings. The van der Waals surface area contributed by atoms with Crippen LogP contribution in [0.2, 0.25) is 0 Å². The summed E-state index contributed by atoms with van der Waals surface area (Å²) in [6.07, 6.45) is 1.73. The number of rotatable bonds is 6. The monoisotopic (exact) mass is 437 g/mol. The molecule has 7 nitrogen and oxygen atoms in total. The zero-order chi connectivity index (χ0) is 22.8. The van der Waals surface area contributed by atoms with Crippen LogP contribution in [-0.2, 0) is 0 Å². The number of aromatic amines is 1. The molecule has 0 radical (unpaired) electrons. The first-order valence-electron chi connectivity index (χ1n) is 10.6. The lowest BCUT2D eigenvalue weighted by Crippen LogP contribution is -1.93. The number of ether oxygens (including phenoxy) is 2. The van der Waals surface area contributed by atoms with E-state index in [9.17, 15) is 0 Å². The first-order valence-corrected chi connectivity index (χ1v) is 10.6. The molecule has 0 bridgehead atoms. The summed E-state index contributed by atoms with van der Waals surface area (Å²) in [5.74, 6) is 3.38. The Hall–Kier alpha value is -4.39. The third kappa shape index (κ3) is 4.34. The number of pyridine rings is 1. The Morgan fingerprint density at radius 2 is 1.82 bits per heavy atom. The molecule has 7 heteroatoms. The predicted octanol–water partition coefficient (Wildman–Crippen LogP) is 6.18. The van der Waals surface area contributed by atoms with E-state index >= 15 is 0 Å². The van der Waals surface area contributed by atoms with Crippen molar-refractivity contribution in [1.29, 1.82) is 0 Å². The summed E-state index contributed by atoms with van der Waals surface area (Å²) in [6.45, 7) is 4.06. The van der Waals surface area contributed by atoms with E-state index in [0.29, 0.717) is 11.8 Å². The molecule has 0 fully saturated rings. The SMILES string of the molecule is COc1ccc2c(Oc3cc(-c4nc(Nc5cccc(C)c5)n[nH]4)ccc3C)ccnc2c1. The zero-order valence-corrected chi connectivity index (χ0v) is 18.6. The van der Waals surface area contributed by atoms with Crippen LogP contribution < -0.4 is 14.8 Å². The molecule has 5 rings (SSSR count). The van der Waals surface area contributed by atoms with E-state index in [4.69, 9.17) is 9.47 Å². The lowest BCUT2D eigenvalue weighted by atomic mass is 10.1. The molecular weight excluding hydrogens is 414 g/mol. The molecule has 0 aliphatic rings. The van der Waals surface area contributed by atoms with Gasteiger partial charge in [-0.15, -0.1) is 5.10 Å². The summed E-state index contributed by atoms with van der Waals surface area (Å²) in [5.41, 5.74) is 4.80. The van der Waals surface area contributed by atoms with Crippen LogP contribution in [-0.4, -0.2) is 27.3 Å². The van der Waals surface area contributed by atoms with Gasteiger partial charge in [-0.05, 0) is 61.4 Å². The highest BCUT2D eigenvalue weighted by Gasteiger charge is 2.12. The molecule has 0 saturated heterocycles. The van der Waals surface area contributed by atoms with E-state index in [0.717, 1.165) is 50.5 Å². The molecule has 3 aromatic carbocycles. The van der Waals surface area contributed by atoms with Gasteiger partial charge in [0.2, 0.25) is 5.95 Å². The summed E-state index contributed by atoms with van der Waals surface area (Å²) < 4.78 is 11.6. The third-order valence-corrected chi connectivity index (χ3v) is 5.35. The number of aromatic nitrogens is 4. The maximum atomic E-state index is 6.32. The number of benzene rings is 3. The maximum Gasteiger partial charge on any atom is 0.246 e. The summed E-state index contributed by atoms with van der Waals surface area (Å²) in [7, 11) is 1.64. The fraction of sp³-hybridized carbons (Fsp3) is 0.115. The molecule has 164 valence electrons. The van der Waals surface area contributed by atoms with Crippen LogP contribution in [0.5, 0.6) is 17.2 Å². The average Bonchev–Trinajstić information content (AvgIpc) is 3.28. The van der Waals surface area contributed by atoms with Crippen LogP contribution >= 0.6 is 0 Å². The lowest BCUT2D eigenvalue weighted by molar-refractivity contribution is 0.415. The van der Waals surface area contributed by atoms with Crippen LogP contribution in [0.25, 0.3) is 22.3 Å². The summed E-state index contributed by atoms with van der Waals surface area (Å²) in [5, 5.41) is 11.4. The number of nitrogens with one attached hydrogen (secondary N) is 2. The van der Waals surface area contributed by atoms with Gasteiger partial charge in [-0.25, -0.2) is 0 Å². The van der Waals surface area contributed by atoms with Crippen molar-refractivity contribution in [2.75, 3.05) is 12.4 Å². The van der Waals surface area contributed by atoms with Gasteiger partial charge in [0, 0.05) is 28.9 Å². The van der Waals surface area contributed by atoms with Gasteiger partial charge in [-0.2, -0.15) is 4.98 Å². The molecule has 0 saturated carbocycles. The number of methoxy groups -OCH3 is 1. The Morgan fingerprint density at radius 1 is 0.909 bits per heavy atom. The minimum atomic E-state index is 0.507. The van der Waals surface area contributed by atoms with E-state index in [1.807, 2.05) is 80.6 Å². The Bertz CT molecular complexity index is 1440. The van der Waals surface area contributed by atoms with Gasteiger partial charge in [0.05, 0.1) is 12.6 Å². The van der Waals surface area contributed by atoms with Gasteiger partial charge in [0.1, 0.15) is 17.2 Å². The van der Waals surface area contributed by atoms with Crippen molar-refractivity contribution in [2.24, 2.45) is 0 Å². The molecule has 2 heterocycles. The van der Waals surface area contributed by atoms with Crippen molar-refractivity contribution >= 4 is 22.5 Å². The van der Waals surface area contributed by atoms with Gasteiger partial charge >= 0.3 is 0 Å². The van der Waals surface area contributed by atoms with E-state index in [1.165, 1.54) is 0 Å². The van der Waals surface area contributed by atoms with Crippen LogP contribution in [0.3, 0.4) is 0 Å². The van der Waals surface area contributed by atoms with E-state index in [-0.39, 0.29) is 0 Å². The highest BCUT2D eigenvalue weighted by Crippen LogP contribution is 2.34. The smallest absolute Gasteiger partial charge is 0.246 e.